The van der Waals surface area contributed by atoms with E-state index in [0.717, 1.165) is 22.9 Å². The summed E-state index contributed by atoms with van der Waals surface area (Å²) in [7, 11) is 0. The average molecular weight is 295 g/mol. The zero-order valence-electron chi connectivity index (χ0n) is 10.9. The molecule has 2 rings (SSSR count). The lowest BCUT2D eigenvalue weighted by atomic mass is 10.1. The lowest BCUT2D eigenvalue weighted by Crippen LogP contribution is -2.20. The second kappa shape index (κ2) is 5.54. The molecule has 0 amide bonds. The summed E-state index contributed by atoms with van der Waals surface area (Å²) in [5.74, 6) is -2.38. The van der Waals surface area contributed by atoms with Gasteiger partial charge in [-0.2, -0.15) is 0 Å². The zero-order valence-corrected chi connectivity index (χ0v) is 11.7. The van der Waals surface area contributed by atoms with E-state index in [1.807, 2.05) is 26.0 Å². The predicted molar refractivity (Wildman–Crippen MR) is 73.0 cm³/mol. The Balaban J connectivity index is 2.28. The van der Waals surface area contributed by atoms with Crippen molar-refractivity contribution in [2.24, 2.45) is 0 Å². The van der Waals surface area contributed by atoms with Gasteiger partial charge in [0.1, 0.15) is 10.8 Å². The fraction of sp³-hybridized carbons (Fsp3) is 0.308. The Hall–Kier alpha value is -2.02. The molecule has 106 valence electrons. The average Bonchev–Trinajstić information content (AvgIpc) is 2.69. The monoisotopic (exact) mass is 295 g/mol. The van der Waals surface area contributed by atoms with Crippen LogP contribution in [0, 0.1) is 13.8 Å². The number of thioether (sulfide) groups is 1. The van der Waals surface area contributed by atoms with E-state index < -0.39 is 23.6 Å². The first-order valence-electron chi connectivity index (χ1n) is 5.86. The van der Waals surface area contributed by atoms with E-state index >= 15 is 0 Å². The van der Waals surface area contributed by atoms with E-state index in [1.54, 1.807) is 0 Å². The maximum atomic E-state index is 11.0. The van der Waals surface area contributed by atoms with E-state index in [0.29, 0.717) is 11.1 Å². The third-order valence-electron chi connectivity index (χ3n) is 2.86. The summed E-state index contributed by atoms with van der Waals surface area (Å²) < 4.78 is 5.46. The van der Waals surface area contributed by atoms with E-state index in [2.05, 4.69) is 4.98 Å². The van der Waals surface area contributed by atoms with Gasteiger partial charge in [0.05, 0.1) is 6.42 Å². The number of oxazole rings is 1. The summed E-state index contributed by atoms with van der Waals surface area (Å²) >= 11 is 0.804. The van der Waals surface area contributed by atoms with Crippen LogP contribution in [0.2, 0.25) is 0 Å². The van der Waals surface area contributed by atoms with Crippen LogP contribution in [-0.4, -0.2) is 32.4 Å². The number of rotatable bonds is 5. The molecule has 2 aromatic rings. The molecule has 1 unspecified atom stereocenters. The van der Waals surface area contributed by atoms with Crippen molar-refractivity contribution in [3.05, 3.63) is 23.3 Å². The molecule has 0 radical (unpaired) electrons. The highest BCUT2D eigenvalue weighted by molar-refractivity contribution is 8.00. The largest absolute Gasteiger partial charge is 0.481 e. The van der Waals surface area contributed by atoms with E-state index in [-0.39, 0.29) is 5.22 Å². The minimum atomic E-state index is -1.20. The molecule has 0 spiro atoms. The van der Waals surface area contributed by atoms with Crippen molar-refractivity contribution in [3.8, 4) is 0 Å². The minimum Gasteiger partial charge on any atom is -0.481 e. The molecule has 0 bridgehead atoms. The summed E-state index contributed by atoms with van der Waals surface area (Å²) in [6.45, 7) is 3.88. The van der Waals surface area contributed by atoms with Crippen LogP contribution in [0.3, 0.4) is 0 Å². The molecule has 6 nitrogen and oxygen atoms in total. The third kappa shape index (κ3) is 3.11. The van der Waals surface area contributed by atoms with Crippen molar-refractivity contribution < 1.29 is 24.2 Å². The molecule has 20 heavy (non-hydrogen) atoms. The number of benzene rings is 1. The highest BCUT2D eigenvalue weighted by Crippen LogP contribution is 2.29. The molecule has 0 saturated carbocycles. The van der Waals surface area contributed by atoms with Crippen molar-refractivity contribution in [2.45, 2.75) is 30.7 Å². The van der Waals surface area contributed by atoms with Crippen molar-refractivity contribution in [1.29, 1.82) is 0 Å². The molecular formula is C13H13NO5S. The molecule has 0 aliphatic rings. The summed E-state index contributed by atoms with van der Waals surface area (Å²) in [5, 5.41) is 16.7. The van der Waals surface area contributed by atoms with Crippen molar-refractivity contribution in [1.82, 2.24) is 4.98 Å². The van der Waals surface area contributed by atoms with Crippen LogP contribution in [0.25, 0.3) is 11.1 Å². The molecular weight excluding hydrogens is 282 g/mol. The molecule has 0 fully saturated rings. The number of aryl methyl sites for hydroxylation is 2. The summed E-state index contributed by atoms with van der Waals surface area (Å²) in [5.41, 5.74) is 3.30. The van der Waals surface area contributed by atoms with E-state index in [4.69, 9.17) is 14.6 Å². The predicted octanol–water partition coefficient (Wildman–Crippen LogP) is 2.46. The van der Waals surface area contributed by atoms with Crippen molar-refractivity contribution in [3.63, 3.8) is 0 Å². The number of aliphatic carboxylic acids is 2. The van der Waals surface area contributed by atoms with Crippen molar-refractivity contribution in [2.75, 3.05) is 0 Å². The Morgan fingerprint density at radius 1 is 1.30 bits per heavy atom. The molecule has 7 heteroatoms. The molecule has 0 saturated heterocycles. The first-order valence-corrected chi connectivity index (χ1v) is 6.74. The number of hydrogen-bond acceptors (Lipinski definition) is 5. The first-order chi connectivity index (χ1) is 9.36. The Bertz CT molecular complexity index is 640. The maximum Gasteiger partial charge on any atom is 0.317 e. The SMILES string of the molecule is Cc1cc2nc(SC(CC(=O)O)C(=O)O)oc2cc1C. The van der Waals surface area contributed by atoms with Gasteiger partial charge in [-0.1, -0.05) is 11.8 Å². The van der Waals surface area contributed by atoms with Gasteiger partial charge in [0, 0.05) is 0 Å². The Morgan fingerprint density at radius 3 is 2.55 bits per heavy atom. The van der Waals surface area contributed by atoms with Crippen LogP contribution >= 0.6 is 11.8 Å². The summed E-state index contributed by atoms with van der Waals surface area (Å²) in [4.78, 5) is 25.8. The van der Waals surface area contributed by atoms with Gasteiger partial charge < -0.3 is 14.6 Å². The number of carbonyl (C=O) groups is 2. The molecule has 1 aromatic heterocycles. The highest BCUT2D eigenvalue weighted by Gasteiger charge is 2.25. The van der Waals surface area contributed by atoms with Crippen LogP contribution in [0.1, 0.15) is 17.5 Å². The van der Waals surface area contributed by atoms with E-state index in [9.17, 15) is 9.59 Å². The fourth-order valence-corrected chi connectivity index (χ4v) is 2.53. The number of nitrogens with zero attached hydrogens (tertiary/aromatic N) is 1. The topological polar surface area (TPSA) is 101 Å². The normalized spacial score (nSPS) is 12.5. The number of carboxylic acids is 2. The van der Waals surface area contributed by atoms with Gasteiger partial charge in [0.2, 0.25) is 0 Å². The molecule has 0 aliphatic carbocycles. The quantitative estimate of drug-likeness (QED) is 0.817. The Morgan fingerprint density at radius 2 is 1.95 bits per heavy atom. The van der Waals surface area contributed by atoms with Crippen molar-refractivity contribution >= 4 is 34.8 Å². The molecule has 1 atom stereocenters. The van der Waals surface area contributed by atoms with Gasteiger partial charge in [-0.3, -0.25) is 9.59 Å². The van der Waals surface area contributed by atoms with E-state index in [1.165, 1.54) is 0 Å². The number of carboxylic acid groups (broad SMARTS) is 2. The third-order valence-corrected chi connectivity index (χ3v) is 3.89. The second-order valence-corrected chi connectivity index (χ2v) is 5.58. The minimum absolute atomic E-state index is 0.165. The number of aromatic nitrogens is 1. The van der Waals surface area contributed by atoms with Gasteiger partial charge in [-0.25, -0.2) is 4.98 Å². The maximum absolute atomic E-state index is 11.0. The second-order valence-electron chi connectivity index (χ2n) is 4.43. The smallest absolute Gasteiger partial charge is 0.317 e. The van der Waals surface area contributed by atoms with Crippen LogP contribution in [-0.2, 0) is 9.59 Å². The lowest BCUT2D eigenvalue weighted by Gasteiger charge is -2.05. The first kappa shape index (κ1) is 14.4. The molecule has 0 aliphatic heterocycles. The summed E-state index contributed by atoms with van der Waals surface area (Å²) in [6.07, 6.45) is -0.489. The number of hydrogen-bond donors (Lipinski definition) is 2. The molecule has 1 heterocycles. The Kier molecular flexibility index (Phi) is 3.99. The highest BCUT2D eigenvalue weighted by atomic mass is 32.2. The van der Waals surface area contributed by atoms with Gasteiger partial charge >= 0.3 is 11.9 Å². The zero-order chi connectivity index (χ0) is 14.9. The van der Waals surface area contributed by atoms with Crippen LogP contribution in [0.15, 0.2) is 21.8 Å². The van der Waals surface area contributed by atoms with Crippen LogP contribution in [0.5, 0.6) is 0 Å². The Labute approximate surface area is 118 Å². The van der Waals surface area contributed by atoms with Crippen LogP contribution in [0.4, 0.5) is 0 Å². The van der Waals surface area contributed by atoms with Gasteiger partial charge in [0.25, 0.3) is 5.22 Å². The fourth-order valence-electron chi connectivity index (χ4n) is 1.67. The molecule has 1 aromatic carbocycles. The van der Waals surface area contributed by atoms with Gasteiger partial charge in [-0.05, 0) is 37.1 Å². The standard InChI is InChI=1S/C13H13NO5S/c1-6-3-8-9(4-7(6)2)19-13(14-8)20-10(12(17)18)5-11(15)16/h3-4,10H,5H2,1-2H3,(H,15,16)(H,17,18). The summed E-state index contributed by atoms with van der Waals surface area (Å²) in [6, 6.07) is 3.68. The van der Waals surface area contributed by atoms with Gasteiger partial charge in [-0.15, -0.1) is 0 Å². The number of fused-ring (bicyclic) bond motifs is 1. The molecule has 2 N–H and O–H groups in total. The van der Waals surface area contributed by atoms with Crippen LogP contribution < -0.4 is 0 Å². The van der Waals surface area contributed by atoms with Gasteiger partial charge in [0.15, 0.2) is 5.58 Å². The lowest BCUT2D eigenvalue weighted by molar-refractivity contribution is -0.142.